The Labute approximate surface area is 126 Å². The van der Waals surface area contributed by atoms with Crippen molar-refractivity contribution < 1.29 is 4.39 Å². The molecule has 0 saturated heterocycles. The van der Waals surface area contributed by atoms with Gasteiger partial charge in [0.15, 0.2) is 0 Å². The summed E-state index contributed by atoms with van der Waals surface area (Å²) in [6, 6.07) is 9.33. The van der Waals surface area contributed by atoms with Crippen molar-refractivity contribution in [2.75, 3.05) is 7.05 Å². The van der Waals surface area contributed by atoms with Crippen molar-refractivity contribution in [1.29, 1.82) is 0 Å². The van der Waals surface area contributed by atoms with E-state index < -0.39 is 0 Å². The molecule has 0 bridgehead atoms. The number of nitrogens with one attached hydrogen (secondary N) is 1. The summed E-state index contributed by atoms with van der Waals surface area (Å²) in [7, 11) is 1.86. The van der Waals surface area contributed by atoms with E-state index in [9.17, 15) is 4.39 Å². The Balaban J connectivity index is 2.14. The molecule has 1 aromatic heterocycles. The van der Waals surface area contributed by atoms with E-state index in [1.165, 1.54) is 6.07 Å². The van der Waals surface area contributed by atoms with Crippen LogP contribution in [0.4, 0.5) is 4.39 Å². The predicted molar refractivity (Wildman–Crippen MR) is 83.8 cm³/mol. The number of nitrogens with zero attached hydrogens (tertiary/aromatic N) is 2. The molecule has 21 heavy (non-hydrogen) atoms. The van der Waals surface area contributed by atoms with E-state index in [0.29, 0.717) is 18.0 Å². The number of aromatic nitrogens is 2. The molecule has 114 valence electrons. The van der Waals surface area contributed by atoms with Crippen LogP contribution < -0.4 is 5.32 Å². The molecule has 0 aliphatic rings. The number of rotatable bonds is 7. The maximum Gasteiger partial charge on any atom is 0.127 e. The molecule has 1 N–H and O–H groups in total. The first-order chi connectivity index (χ1) is 10.2. The third-order valence-electron chi connectivity index (χ3n) is 4.02. The topological polar surface area (TPSA) is 29.9 Å². The van der Waals surface area contributed by atoms with Gasteiger partial charge in [-0.3, -0.25) is 4.68 Å². The molecule has 1 heterocycles. The zero-order valence-electron chi connectivity index (χ0n) is 13.0. The van der Waals surface area contributed by atoms with Gasteiger partial charge in [0.25, 0.3) is 0 Å². The summed E-state index contributed by atoms with van der Waals surface area (Å²) in [6.45, 7) is 4.34. The van der Waals surface area contributed by atoms with Crippen LogP contribution in [0.2, 0.25) is 0 Å². The summed E-state index contributed by atoms with van der Waals surface area (Å²) in [5, 5.41) is 7.83. The van der Waals surface area contributed by atoms with Gasteiger partial charge in [-0.1, -0.05) is 32.0 Å². The monoisotopic (exact) mass is 289 g/mol. The SMILES string of the molecule is CCC(CC)n1ccc(CC(NC)c2ccccc2F)n1. The molecule has 0 saturated carbocycles. The van der Waals surface area contributed by atoms with Crippen molar-refractivity contribution in [3.63, 3.8) is 0 Å². The molecule has 4 heteroatoms. The first kappa shape index (κ1) is 15.7. The Morgan fingerprint density at radius 1 is 1.19 bits per heavy atom. The summed E-state index contributed by atoms with van der Waals surface area (Å²) in [4.78, 5) is 0. The number of likely N-dealkylation sites (N-methyl/N-ethyl adjacent to an activating group) is 1. The van der Waals surface area contributed by atoms with Gasteiger partial charge >= 0.3 is 0 Å². The lowest BCUT2D eigenvalue weighted by Crippen LogP contribution is -2.20. The molecule has 0 fully saturated rings. The molecular formula is C17H24FN3. The molecule has 1 aromatic carbocycles. The van der Waals surface area contributed by atoms with Crippen LogP contribution in [-0.2, 0) is 6.42 Å². The Morgan fingerprint density at radius 3 is 2.52 bits per heavy atom. The third kappa shape index (κ3) is 3.70. The maximum absolute atomic E-state index is 13.9. The van der Waals surface area contributed by atoms with E-state index in [2.05, 4.69) is 24.3 Å². The van der Waals surface area contributed by atoms with E-state index in [1.807, 2.05) is 36.1 Å². The van der Waals surface area contributed by atoms with Crippen LogP contribution in [-0.4, -0.2) is 16.8 Å². The van der Waals surface area contributed by atoms with Gasteiger partial charge in [-0.2, -0.15) is 5.10 Å². The lowest BCUT2D eigenvalue weighted by molar-refractivity contribution is 0.422. The van der Waals surface area contributed by atoms with Gasteiger partial charge in [0.1, 0.15) is 5.82 Å². The van der Waals surface area contributed by atoms with E-state index >= 15 is 0 Å². The smallest absolute Gasteiger partial charge is 0.127 e. The molecule has 2 rings (SSSR count). The molecule has 2 aromatic rings. The van der Waals surface area contributed by atoms with Crippen molar-refractivity contribution in [1.82, 2.24) is 15.1 Å². The van der Waals surface area contributed by atoms with Crippen molar-refractivity contribution in [3.05, 3.63) is 53.6 Å². The second-order valence-electron chi connectivity index (χ2n) is 5.32. The average Bonchev–Trinajstić information content (AvgIpc) is 2.95. The maximum atomic E-state index is 13.9. The first-order valence-corrected chi connectivity index (χ1v) is 7.65. The Hall–Kier alpha value is -1.68. The zero-order chi connectivity index (χ0) is 15.2. The van der Waals surface area contributed by atoms with Crippen LogP contribution in [0.5, 0.6) is 0 Å². The lowest BCUT2D eigenvalue weighted by Gasteiger charge is -2.16. The normalized spacial score (nSPS) is 12.8. The zero-order valence-corrected chi connectivity index (χ0v) is 13.0. The molecule has 0 spiro atoms. The van der Waals surface area contributed by atoms with Crippen LogP contribution in [0.25, 0.3) is 0 Å². The van der Waals surface area contributed by atoms with Crippen LogP contribution in [0.3, 0.4) is 0 Å². The van der Waals surface area contributed by atoms with Crippen molar-refractivity contribution in [3.8, 4) is 0 Å². The minimum atomic E-state index is -0.170. The summed E-state index contributed by atoms with van der Waals surface area (Å²) >= 11 is 0. The minimum Gasteiger partial charge on any atom is -0.313 e. The highest BCUT2D eigenvalue weighted by Crippen LogP contribution is 2.21. The largest absolute Gasteiger partial charge is 0.313 e. The number of benzene rings is 1. The van der Waals surface area contributed by atoms with Crippen molar-refractivity contribution in [2.45, 2.75) is 45.2 Å². The van der Waals surface area contributed by atoms with Crippen molar-refractivity contribution >= 4 is 0 Å². The highest BCUT2D eigenvalue weighted by atomic mass is 19.1. The summed E-state index contributed by atoms with van der Waals surface area (Å²) < 4.78 is 15.9. The quantitative estimate of drug-likeness (QED) is 0.838. The van der Waals surface area contributed by atoms with Gasteiger partial charge in [0.2, 0.25) is 0 Å². The number of hydrogen-bond donors (Lipinski definition) is 1. The van der Waals surface area contributed by atoms with Crippen molar-refractivity contribution in [2.24, 2.45) is 0 Å². The lowest BCUT2D eigenvalue weighted by atomic mass is 10.0. The van der Waals surface area contributed by atoms with E-state index in [4.69, 9.17) is 0 Å². The van der Waals surface area contributed by atoms with Gasteiger partial charge < -0.3 is 5.32 Å². The summed E-state index contributed by atoms with van der Waals surface area (Å²) in [5.41, 5.74) is 1.68. The average molecular weight is 289 g/mol. The molecule has 1 unspecified atom stereocenters. The second-order valence-corrected chi connectivity index (χ2v) is 5.32. The van der Waals surface area contributed by atoms with Gasteiger partial charge in [0, 0.05) is 24.2 Å². The first-order valence-electron chi connectivity index (χ1n) is 7.65. The molecule has 1 atom stereocenters. The number of hydrogen-bond acceptors (Lipinski definition) is 2. The fourth-order valence-corrected chi connectivity index (χ4v) is 2.69. The Bertz CT molecular complexity index is 561. The number of halogens is 1. The highest BCUT2D eigenvalue weighted by molar-refractivity contribution is 5.22. The molecular weight excluding hydrogens is 265 g/mol. The summed E-state index contributed by atoms with van der Waals surface area (Å²) in [6.07, 6.45) is 4.85. The molecule has 0 aliphatic heterocycles. The van der Waals surface area contributed by atoms with Gasteiger partial charge in [0.05, 0.1) is 11.7 Å². The summed E-state index contributed by atoms with van der Waals surface area (Å²) in [5.74, 6) is -0.170. The van der Waals surface area contributed by atoms with Gasteiger partial charge in [-0.25, -0.2) is 4.39 Å². The Morgan fingerprint density at radius 2 is 1.90 bits per heavy atom. The van der Waals surface area contributed by atoms with Crippen LogP contribution in [0, 0.1) is 5.82 Å². The Kier molecular flexibility index (Phi) is 5.51. The van der Waals surface area contributed by atoms with E-state index in [1.54, 1.807) is 6.07 Å². The second kappa shape index (κ2) is 7.36. The van der Waals surface area contributed by atoms with Crippen LogP contribution in [0.15, 0.2) is 36.5 Å². The fraction of sp³-hybridized carbons (Fsp3) is 0.471. The molecule has 3 nitrogen and oxygen atoms in total. The standard InChI is InChI=1S/C17H24FN3/c1-4-14(5-2)21-11-10-13(20-21)12-17(19-3)15-8-6-7-9-16(15)18/h6-11,14,17,19H,4-5,12H2,1-3H3. The van der Waals surface area contributed by atoms with Crippen LogP contribution in [0.1, 0.15) is 50.0 Å². The molecule has 0 radical (unpaired) electrons. The van der Waals surface area contributed by atoms with Gasteiger partial charge in [-0.05, 0) is 32.0 Å². The molecule has 0 amide bonds. The highest BCUT2D eigenvalue weighted by Gasteiger charge is 2.16. The predicted octanol–water partition coefficient (Wildman–Crippen LogP) is 3.89. The third-order valence-corrected chi connectivity index (χ3v) is 4.02. The van der Waals surface area contributed by atoms with Crippen LogP contribution >= 0.6 is 0 Å². The van der Waals surface area contributed by atoms with E-state index in [-0.39, 0.29) is 11.9 Å². The fourth-order valence-electron chi connectivity index (χ4n) is 2.69. The minimum absolute atomic E-state index is 0.0590. The molecule has 0 aliphatic carbocycles. The van der Waals surface area contributed by atoms with E-state index in [0.717, 1.165) is 18.5 Å². The van der Waals surface area contributed by atoms with Gasteiger partial charge in [-0.15, -0.1) is 0 Å².